The van der Waals surface area contributed by atoms with Crippen LogP contribution >= 0.6 is 23.5 Å². The van der Waals surface area contributed by atoms with Gasteiger partial charge in [-0.25, -0.2) is 0 Å². The highest BCUT2D eigenvalue weighted by Gasteiger charge is 2.34. The van der Waals surface area contributed by atoms with Crippen molar-refractivity contribution >= 4 is 23.5 Å². The first kappa shape index (κ1) is 20.3. The molecule has 1 fully saturated rings. The third-order valence-electron chi connectivity index (χ3n) is 2.35. The zero-order chi connectivity index (χ0) is 17.2. The van der Waals surface area contributed by atoms with Crippen LogP contribution in [0.2, 0.25) is 0 Å². The molecule has 13 nitrogen and oxygen atoms in total. The summed E-state index contributed by atoms with van der Waals surface area (Å²) < 4.78 is 48.2. The Morgan fingerprint density at radius 3 is 1.82 bits per heavy atom. The molecule has 1 heterocycles. The van der Waals surface area contributed by atoms with E-state index >= 15 is 0 Å². The predicted molar refractivity (Wildman–Crippen MR) is 52.9 cm³/mol. The van der Waals surface area contributed by atoms with Gasteiger partial charge < -0.3 is 61.4 Å². The maximum absolute atomic E-state index is 10.6. The molecule has 1 aliphatic rings. The van der Waals surface area contributed by atoms with E-state index in [9.17, 15) is 43.1 Å². The topological polar surface area (TPSA) is 226 Å². The summed E-state index contributed by atoms with van der Waals surface area (Å²) in [6.07, 6.45) is -5.22. The van der Waals surface area contributed by atoms with Crippen LogP contribution in [0.25, 0.3) is 0 Å². The Morgan fingerprint density at radius 2 is 1.36 bits per heavy atom. The molecule has 2 unspecified atom stereocenters. The Kier molecular flexibility index (Phi) is 6.89. The van der Waals surface area contributed by atoms with E-state index in [0.29, 0.717) is 0 Å². The molecule has 0 N–H and O–H groups in total. The minimum absolute atomic E-state index is 0.570. The van der Waals surface area contributed by atoms with Crippen LogP contribution in [0.4, 0.5) is 0 Å². The molecule has 0 aliphatic carbocycles. The van der Waals surface area contributed by atoms with Crippen molar-refractivity contribution in [3.63, 3.8) is 0 Å². The summed E-state index contributed by atoms with van der Waals surface area (Å²) in [4.78, 5) is 62.8. The summed E-state index contributed by atoms with van der Waals surface area (Å²) in [6, 6.07) is 0. The molecule has 0 amide bonds. The standard InChI is InChI=1S/C6H15O13P3/c7-20(8,9)17-2-4-1-5(18-21(10,11)12)6(3-16-4)19-22(13,14)15/h4-6H,1-3H2,(H2,7,8,9)(H2,10,11,12)(H2,13,14,15)/p-6/t4?,5-,6?/m1/s1. The second kappa shape index (κ2) is 7.45. The molecule has 3 atom stereocenters. The van der Waals surface area contributed by atoms with Gasteiger partial charge in [-0.15, -0.1) is 0 Å². The number of phosphoric ester groups is 3. The van der Waals surface area contributed by atoms with Gasteiger partial charge in [0.05, 0.1) is 48.9 Å². The van der Waals surface area contributed by atoms with Gasteiger partial charge in [-0.1, -0.05) is 0 Å². The van der Waals surface area contributed by atoms with Crippen LogP contribution in [0.1, 0.15) is 6.42 Å². The van der Waals surface area contributed by atoms with Gasteiger partial charge in [0.1, 0.15) is 6.10 Å². The van der Waals surface area contributed by atoms with Crippen LogP contribution in [0.15, 0.2) is 0 Å². The van der Waals surface area contributed by atoms with E-state index in [1.807, 2.05) is 0 Å². The molecule has 0 spiro atoms. The molecule has 0 radical (unpaired) electrons. The quantitative estimate of drug-likeness (QED) is 0.376. The van der Waals surface area contributed by atoms with Crippen LogP contribution in [-0.4, -0.2) is 31.5 Å². The van der Waals surface area contributed by atoms with Crippen LogP contribution in [0, 0.1) is 0 Å². The lowest BCUT2D eigenvalue weighted by atomic mass is 10.0. The van der Waals surface area contributed by atoms with Gasteiger partial charge in [0.15, 0.2) is 0 Å². The van der Waals surface area contributed by atoms with Crippen molar-refractivity contribution in [2.24, 2.45) is 0 Å². The summed E-state index contributed by atoms with van der Waals surface area (Å²) in [6.45, 7) is -1.53. The van der Waals surface area contributed by atoms with Crippen LogP contribution in [0.3, 0.4) is 0 Å². The first-order chi connectivity index (χ1) is 9.75. The fraction of sp³-hybridized carbons (Fsp3) is 1.00. The summed E-state index contributed by atoms with van der Waals surface area (Å²) in [7, 11) is -16.4. The second-order valence-electron chi connectivity index (χ2n) is 4.12. The minimum atomic E-state index is -5.56. The average Bonchev–Trinajstić information content (AvgIpc) is 2.24. The fourth-order valence-corrected chi connectivity index (χ4v) is 3.08. The number of hydrogen-bond acceptors (Lipinski definition) is 13. The maximum Gasteiger partial charge on any atom is 0.113 e. The normalized spacial score (nSPS) is 27.8. The van der Waals surface area contributed by atoms with Crippen LogP contribution in [0.5, 0.6) is 0 Å². The molecule has 0 aromatic carbocycles. The number of hydrogen-bond donors (Lipinski definition) is 0. The lowest BCUT2D eigenvalue weighted by Crippen LogP contribution is -2.47. The Balaban J connectivity index is 2.73. The number of phosphoric acid groups is 3. The smallest absolute Gasteiger partial charge is 0.113 e. The van der Waals surface area contributed by atoms with Crippen molar-refractivity contribution in [3.8, 4) is 0 Å². The molecule has 0 aromatic rings. The van der Waals surface area contributed by atoms with Crippen molar-refractivity contribution in [1.82, 2.24) is 0 Å². The van der Waals surface area contributed by atoms with Gasteiger partial charge >= 0.3 is 0 Å². The highest BCUT2D eigenvalue weighted by atomic mass is 31.2. The Bertz CT molecular complexity index is 502. The number of rotatable bonds is 7. The molecule has 0 aromatic heterocycles. The molecule has 1 aliphatic heterocycles. The summed E-state index contributed by atoms with van der Waals surface area (Å²) >= 11 is 0. The monoisotopic (exact) mass is 382 g/mol. The molecular formula is C6H9O13P3-6. The lowest BCUT2D eigenvalue weighted by Gasteiger charge is -2.44. The van der Waals surface area contributed by atoms with Crippen LogP contribution in [-0.2, 0) is 32.0 Å². The first-order valence-corrected chi connectivity index (χ1v) is 9.82. The Hall–Kier alpha value is 0.290. The van der Waals surface area contributed by atoms with E-state index in [-0.39, 0.29) is 0 Å². The molecule has 1 saturated heterocycles. The molecule has 22 heavy (non-hydrogen) atoms. The summed E-state index contributed by atoms with van der Waals surface area (Å²) in [5.74, 6) is 0. The van der Waals surface area contributed by atoms with Crippen molar-refractivity contribution in [3.05, 3.63) is 0 Å². The van der Waals surface area contributed by atoms with Crippen molar-refractivity contribution in [2.45, 2.75) is 24.7 Å². The fourth-order valence-electron chi connectivity index (χ4n) is 1.65. The molecule has 16 heteroatoms. The summed E-state index contributed by atoms with van der Waals surface area (Å²) in [5, 5.41) is 0. The van der Waals surface area contributed by atoms with Gasteiger partial charge in [-0.2, -0.15) is 0 Å². The maximum atomic E-state index is 10.6. The van der Waals surface area contributed by atoms with E-state index in [4.69, 9.17) is 4.74 Å². The molecular weight excluding hydrogens is 373 g/mol. The van der Waals surface area contributed by atoms with Gasteiger partial charge in [-0.3, -0.25) is 0 Å². The molecule has 0 bridgehead atoms. The SMILES string of the molecule is O=P([O-])([O-])OCC1C[C@@H](OP(=O)([O-])[O-])C(OP(=O)([O-])[O-])CO1. The molecule has 0 saturated carbocycles. The van der Waals surface area contributed by atoms with E-state index in [1.54, 1.807) is 0 Å². The minimum Gasteiger partial charge on any atom is -0.790 e. The van der Waals surface area contributed by atoms with Gasteiger partial charge in [-0.05, 0) is 0 Å². The van der Waals surface area contributed by atoms with Crippen LogP contribution < -0.4 is 29.4 Å². The lowest BCUT2D eigenvalue weighted by molar-refractivity contribution is -0.360. The zero-order valence-corrected chi connectivity index (χ0v) is 13.2. The second-order valence-corrected chi connectivity index (χ2v) is 7.48. The van der Waals surface area contributed by atoms with Gasteiger partial charge in [0.25, 0.3) is 0 Å². The third kappa shape index (κ3) is 8.80. The van der Waals surface area contributed by atoms with E-state index in [2.05, 4.69) is 13.6 Å². The molecule has 132 valence electrons. The van der Waals surface area contributed by atoms with E-state index < -0.39 is 61.4 Å². The Morgan fingerprint density at radius 1 is 0.864 bits per heavy atom. The zero-order valence-electron chi connectivity index (χ0n) is 10.5. The van der Waals surface area contributed by atoms with E-state index in [1.165, 1.54) is 0 Å². The van der Waals surface area contributed by atoms with Crippen molar-refractivity contribution in [2.75, 3.05) is 13.2 Å². The highest BCUT2D eigenvalue weighted by Crippen LogP contribution is 2.38. The highest BCUT2D eigenvalue weighted by molar-refractivity contribution is 7.43. The van der Waals surface area contributed by atoms with E-state index in [0.717, 1.165) is 0 Å². The third-order valence-corrected chi connectivity index (χ3v) is 3.88. The molecule has 1 rings (SSSR count). The first-order valence-electron chi connectivity index (χ1n) is 5.44. The average molecular weight is 382 g/mol. The van der Waals surface area contributed by atoms with Gasteiger partial charge in [0, 0.05) is 6.42 Å². The van der Waals surface area contributed by atoms with Crippen molar-refractivity contribution < 1.29 is 61.4 Å². The summed E-state index contributed by atoms with van der Waals surface area (Å²) in [5.41, 5.74) is 0. The largest absolute Gasteiger partial charge is 0.790 e. The van der Waals surface area contributed by atoms with Gasteiger partial charge in [0.2, 0.25) is 0 Å². The number of ether oxygens (including phenoxy) is 1. The predicted octanol–water partition coefficient (Wildman–Crippen LogP) is -4.95. The Labute approximate surface area is 123 Å². The van der Waals surface area contributed by atoms with Crippen molar-refractivity contribution in [1.29, 1.82) is 0 Å².